The van der Waals surface area contributed by atoms with Gasteiger partial charge in [-0.25, -0.2) is 4.98 Å². The molecule has 136 valence electrons. The first-order chi connectivity index (χ1) is 12.5. The highest BCUT2D eigenvalue weighted by molar-refractivity contribution is 6.31. The third kappa shape index (κ3) is 3.61. The van der Waals surface area contributed by atoms with Gasteiger partial charge in [-0.15, -0.1) is 0 Å². The topological polar surface area (TPSA) is 65.0 Å². The number of nitrogens with zero attached hydrogens (tertiary/aromatic N) is 3. The van der Waals surface area contributed by atoms with E-state index in [-0.39, 0.29) is 0 Å². The minimum absolute atomic E-state index is 0.707. The van der Waals surface area contributed by atoms with Crippen molar-refractivity contribution in [3.8, 4) is 0 Å². The van der Waals surface area contributed by atoms with Crippen molar-refractivity contribution in [2.45, 2.75) is 31.8 Å². The van der Waals surface area contributed by atoms with Crippen LogP contribution in [-0.4, -0.2) is 44.6 Å². The Labute approximate surface area is 158 Å². The van der Waals surface area contributed by atoms with Crippen molar-refractivity contribution < 1.29 is 5.11 Å². The normalized spacial score (nSPS) is 17.7. The highest BCUT2D eigenvalue weighted by Crippen LogP contribution is 2.31. The molecule has 0 aliphatic carbocycles. The summed E-state index contributed by atoms with van der Waals surface area (Å²) in [6.07, 6.45) is 4.10. The first-order valence-corrected chi connectivity index (χ1v) is 9.42. The molecular formula is C20H23ClN4O. The van der Waals surface area contributed by atoms with Gasteiger partial charge in [-0.1, -0.05) is 17.7 Å². The zero-order valence-electron chi connectivity index (χ0n) is 14.9. The van der Waals surface area contributed by atoms with Crippen molar-refractivity contribution in [1.82, 2.24) is 19.9 Å². The third-order valence-corrected chi connectivity index (χ3v) is 5.46. The minimum Gasteiger partial charge on any atom is -0.383 e. The molecule has 26 heavy (non-hydrogen) atoms. The molecule has 0 bridgehead atoms. The highest BCUT2D eigenvalue weighted by atomic mass is 35.5. The molecule has 1 aliphatic rings. The Morgan fingerprint density at radius 3 is 2.77 bits per heavy atom. The fourth-order valence-corrected chi connectivity index (χ4v) is 3.73. The van der Waals surface area contributed by atoms with E-state index in [4.69, 9.17) is 11.6 Å². The number of hydrogen-bond donors (Lipinski definition) is 2. The number of likely N-dealkylation sites (tertiary alicyclic amines) is 1. The number of aromatic nitrogens is 3. The third-order valence-electron chi connectivity index (χ3n) is 5.23. The molecule has 1 saturated heterocycles. The second kappa shape index (κ2) is 6.99. The number of fused-ring (bicyclic) bond motifs is 1. The van der Waals surface area contributed by atoms with Crippen LogP contribution in [0.4, 0.5) is 0 Å². The highest BCUT2D eigenvalue weighted by Gasteiger charge is 2.34. The smallest absolute Gasteiger partial charge is 0.109 e. The van der Waals surface area contributed by atoms with E-state index >= 15 is 0 Å². The summed E-state index contributed by atoms with van der Waals surface area (Å²) >= 11 is 6.03. The summed E-state index contributed by atoms with van der Waals surface area (Å²) < 4.78 is 0. The zero-order chi connectivity index (χ0) is 18.1. The number of aromatic amines is 1. The molecule has 1 aromatic carbocycles. The maximum absolute atomic E-state index is 10.9. The Morgan fingerprint density at radius 1 is 1.23 bits per heavy atom. The van der Waals surface area contributed by atoms with Crippen LogP contribution < -0.4 is 0 Å². The van der Waals surface area contributed by atoms with Gasteiger partial charge in [-0.05, 0) is 49.6 Å². The van der Waals surface area contributed by atoms with Crippen molar-refractivity contribution in [3.63, 3.8) is 0 Å². The van der Waals surface area contributed by atoms with E-state index < -0.39 is 5.60 Å². The van der Waals surface area contributed by atoms with E-state index in [0.29, 0.717) is 17.9 Å². The summed E-state index contributed by atoms with van der Waals surface area (Å²) in [4.78, 5) is 14.8. The van der Waals surface area contributed by atoms with E-state index in [2.05, 4.69) is 19.9 Å². The molecule has 0 radical (unpaired) electrons. The second-order valence-corrected chi connectivity index (χ2v) is 7.63. The van der Waals surface area contributed by atoms with Gasteiger partial charge in [-0.3, -0.25) is 4.98 Å². The summed E-state index contributed by atoms with van der Waals surface area (Å²) in [5.41, 5.74) is 3.02. The number of nitrogens with one attached hydrogen (secondary N) is 1. The number of imidazole rings is 1. The molecule has 0 unspecified atom stereocenters. The van der Waals surface area contributed by atoms with Gasteiger partial charge in [-0.2, -0.15) is 0 Å². The van der Waals surface area contributed by atoms with E-state index in [9.17, 15) is 5.11 Å². The minimum atomic E-state index is -0.805. The van der Waals surface area contributed by atoms with Gasteiger partial charge in [0.15, 0.2) is 0 Å². The predicted molar refractivity (Wildman–Crippen MR) is 103 cm³/mol. The molecule has 5 nitrogen and oxygen atoms in total. The van der Waals surface area contributed by atoms with Crippen LogP contribution in [0.25, 0.3) is 11.0 Å². The molecule has 4 rings (SSSR count). The van der Waals surface area contributed by atoms with Crippen LogP contribution in [0.15, 0.2) is 36.5 Å². The molecule has 2 aromatic heterocycles. The molecule has 0 spiro atoms. The number of rotatable bonds is 4. The van der Waals surface area contributed by atoms with Crippen LogP contribution in [0.1, 0.15) is 29.9 Å². The first-order valence-electron chi connectivity index (χ1n) is 9.04. The number of piperidine rings is 1. The van der Waals surface area contributed by atoms with E-state index in [1.807, 2.05) is 43.5 Å². The molecule has 2 N–H and O–H groups in total. The van der Waals surface area contributed by atoms with E-state index in [1.54, 1.807) is 0 Å². The van der Waals surface area contributed by atoms with Crippen LogP contribution in [0.2, 0.25) is 5.02 Å². The SMILES string of the molecule is Cc1ccc(C2(O)CCN(CCc3nc4ccc(Cl)cc4[nH]3)CC2)nc1. The van der Waals surface area contributed by atoms with E-state index in [0.717, 1.165) is 54.2 Å². The molecule has 1 fully saturated rings. The van der Waals surface area contributed by atoms with Crippen LogP contribution in [0.3, 0.4) is 0 Å². The summed E-state index contributed by atoms with van der Waals surface area (Å²) in [5.74, 6) is 0.975. The van der Waals surface area contributed by atoms with Gasteiger partial charge in [0.1, 0.15) is 11.4 Å². The van der Waals surface area contributed by atoms with Gasteiger partial charge in [0.25, 0.3) is 0 Å². The Kier molecular flexibility index (Phi) is 4.69. The van der Waals surface area contributed by atoms with Crippen LogP contribution >= 0.6 is 11.6 Å². The number of hydrogen-bond acceptors (Lipinski definition) is 4. The molecular weight excluding hydrogens is 348 g/mol. The summed E-state index contributed by atoms with van der Waals surface area (Å²) in [7, 11) is 0. The van der Waals surface area contributed by atoms with Gasteiger partial charge in [0.2, 0.25) is 0 Å². The first kappa shape index (κ1) is 17.5. The van der Waals surface area contributed by atoms with Crippen LogP contribution in [0, 0.1) is 6.92 Å². The molecule has 0 amide bonds. The van der Waals surface area contributed by atoms with Crippen molar-refractivity contribution in [2.75, 3.05) is 19.6 Å². The van der Waals surface area contributed by atoms with Gasteiger partial charge >= 0.3 is 0 Å². The number of aliphatic hydroxyl groups is 1. The Hall–Kier alpha value is -1.95. The molecule has 0 saturated carbocycles. The lowest BCUT2D eigenvalue weighted by atomic mass is 9.87. The van der Waals surface area contributed by atoms with Crippen molar-refractivity contribution in [2.24, 2.45) is 0 Å². The number of halogens is 1. The number of H-pyrrole nitrogens is 1. The second-order valence-electron chi connectivity index (χ2n) is 7.19. The average molecular weight is 371 g/mol. The fourth-order valence-electron chi connectivity index (χ4n) is 3.56. The quantitative estimate of drug-likeness (QED) is 0.738. The lowest BCUT2D eigenvalue weighted by Crippen LogP contribution is -2.43. The Balaban J connectivity index is 1.35. The zero-order valence-corrected chi connectivity index (χ0v) is 15.6. The summed E-state index contributed by atoms with van der Waals surface area (Å²) in [6, 6.07) is 9.67. The maximum atomic E-state index is 10.9. The Morgan fingerprint density at radius 2 is 2.04 bits per heavy atom. The number of aryl methyl sites for hydroxylation is 1. The van der Waals surface area contributed by atoms with Crippen molar-refractivity contribution >= 4 is 22.6 Å². The molecule has 0 atom stereocenters. The lowest BCUT2D eigenvalue weighted by molar-refractivity contribution is -0.0290. The standard InChI is InChI=1S/C20H23ClN4O/c1-14-2-5-18(22-13-14)20(26)7-10-25(11-8-20)9-6-19-23-16-4-3-15(21)12-17(16)24-19/h2-5,12-13,26H,6-11H2,1H3,(H,23,24). The largest absolute Gasteiger partial charge is 0.383 e. The maximum Gasteiger partial charge on any atom is 0.109 e. The Bertz CT molecular complexity index is 898. The van der Waals surface area contributed by atoms with Crippen LogP contribution in [0.5, 0.6) is 0 Å². The monoisotopic (exact) mass is 370 g/mol. The van der Waals surface area contributed by atoms with Crippen molar-refractivity contribution in [1.29, 1.82) is 0 Å². The predicted octanol–water partition coefficient (Wildman–Crippen LogP) is 3.45. The lowest BCUT2D eigenvalue weighted by Gasteiger charge is -2.37. The number of pyridine rings is 1. The van der Waals surface area contributed by atoms with Crippen LogP contribution in [-0.2, 0) is 12.0 Å². The molecule has 3 heterocycles. The number of benzene rings is 1. The molecule has 1 aliphatic heterocycles. The van der Waals surface area contributed by atoms with E-state index in [1.165, 1.54) is 0 Å². The molecule has 3 aromatic rings. The summed E-state index contributed by atoms with van der Waals surface area (Å²) in [5, 5.41) is 11.7. The summed E-state index contributed by atoms with van der Waals surface area (Å²) in [6.45, 7) is 4.65. The fraction of sp³-hybridized carbons (Fsp3) is 0.400. The van der Waals surface area contributed by atoms with Gasteiger partial charge in [0, 0.05) is 37.3 Å². The molecule has 6 heteroatoms. The van der Waals surface area contributed by atoms with Gasteiger partial charge in [0.05, 0.1) is 16.7 Å². The average Bonchev–Trinajstić information content (AvgIpc) is 3.04. The van der Waals surface area contributed by atoms with Gasteiger partial charge < -0.3 is 15.0 Å². The van der Waals surface area contributed by atoms with Crippen molar-refractivity contribution in [3.05, 3.63) is 58.6 Å².